The zero-order valence-electron chi connectivity index (χ0n) is 10.8. The van der Waals surface area contributed by atoms with Crippen LogP contribution in [0.5, 0.6) is 5.75 Å². The van der Waals surface area contributed by atoms with Gasteiger partial charge in [0.15, 0.2) is 0 Å². The molecule has 0 aliphatic carbocycles. The molecule has 0 heterocycles. The van der Waals surface area contributed by atoms with Crippen LogP contribution in [0.4, 0.5) is 5.69 Å². The van der Waals surface area contributed by atoms with Crippen molar-refractivity contribution >= 4 is 5.69 Å². The van der Waals surface area contributed by atoms with Gasteiger partial charge in [-0.1, -0.05) is 33.8 Å². The van der Waals surface area contributed by atoms with Crippen molar-refractivity contribution < 1.29 is 4.74 Å². The van der Waals surface area contributed by atoms with E-state index in [1.54, 1.807) is 0 Å². The van der Waals surface area contributed by atoms with E-state index < -0.39 is 0 Å². The van der Waals surface area contributed by atoms with Gasteiger partial charge >= 0.3 is 0 Å². The third kappa shape index (κ3) is 5.06. The Balaban J connectivity index is 2.50. The number of ether oxygens (including phenoxy) is 1. The minimum Gasteiger partial charge on any atom is -0.493 e. The summed E-state index contributed by atoms with van der Waals surface area (Å²) in [4.78, 5) is 0. The lowest BCUT2D eigenvalue weighted by atomic mass is 10.2. The standard InChI is InChI=1S/C14H23NO/c1-11(2)9-15-13-6-5-7-14(8-13)16-10-12(3)4/h5-8,11-12,15H,9-10H2,1-4H3. The van der Waals surface area contributed by atoms with Gasteiger partial charge in [-0.3, -0.25) is 0 Å². The van der Waals surface area contributed by atoms with Crippen LogP contribution in [0.25, 0.3) is 0 Å². The smallest absolute Gasteiger partial charge is 0.121 e. The van der Waals surface area contributed by atoms with Crippen molar-refractivity contribution in [3.63, 3.8) is 0 Å². The van der Waals surface area contributed by atoms with Crippen molar-refractivity contribution in [3.8, 4) is 5.75 Å². The van der Waals surface area contributed by atoms with Crippen LogP contribution in [0.3, 0.4) is 0 Å². The summed E-state index contributed by atoms with van der Waals surface area (Å²) in [5, 5.41) is 3.39. The normalized spacial score (nSPS) is 10.9. The zero-order valence-corrected chi connectivity index (χ0v) is 10.8. The van der Waals surface area contributed by atoms with Crippen molar-refractivity contribution in [2.45, 2.75) is 27.7 Å². The summed E-state index contributed by atoms with van der Waals surface area (Å²) in [6.07, 6.45) is 0. The zero-order chi connectivity index (χ0) is 12.0. The van der Waals surface area contributed by atoms with Crippen molar-refractivity contribution in [1.82, 2.24) is 0 Å². The third-order valence-corrected chi connectivity index (χ3v) is 2.13. The molecular formula is C14H23NO. The molecule has 0 fully saturated rings. The molecule has 0 aliphatic rings. The van der Waals surface area contributed by atoms with Crippen molar-refractivity contribution in [1.29, 1.82) is 0 Å². The topological polar surface area (TPSA) is 21.3 Å². The second-order valence-electron chi connectivity index (χ2n) is 5.01. The average molecular weight is 221 g/mol. The Morgan fingerprint density at radius 2 is 1.88 bits per heavy atom. The third-order valence-electron chi connectivity index (χ3n) is 2.13. The SMILES string of the molecule is CC(C)CNc1cccc(OCC(C)C)c1. The fraction of sp³-hybridized carbons (Fsp3) is 0.571. The van der Waals surface area contributed by atoms with Gasteiger partial charge in [0.2, 0.25) is 0 Å². The highest BCUT2D eigenvalue weighted by molar-refractivity contribution is 5.48. The number of rotatable bonds is 6. The van der Waals surface area contributed by atoms with Crippen molar-refractivity contribution in [3.05, 3.63) is 24.3 Å². The first kappa shape index (κ1) is 12.9. The summed E-state index contributed by atoms with van der Waals surface area (Å²) in [6.45, 7) is 10.5. The van der Waals surface area contributed by atoms with Crippen LogP contribution in [0.15, 0.2) is 24.3 Å². The molecule has 0 atom stereocenters. The monoisotopic (exact) mass is 221 g/mol. The van der Waals surface area contributed by atoms with Crippen LogP contribution < -0.4 is 10.1 Å². The summed E-state index contributed by atoms with van der Waals surface area (Å²) in [5.41, 5.74) is 1.13. The molecule has 1 N–H and O–H groups in total. The molecule has 0 bridgehead atoms. The molecule has 0 saturated heterocycles. The molecule has 1 aromatic rings. The average Bonchev–Trinajstić information content (AvgIpc) is 2.24. The molecule has 0 amide bonds. The Morgan fingerprint density at radius 3 is 2.50 bits per heavy atom. The van der Waals surface area contributed by atoms with E-state index in [1.807, 2.05) is 12.1 Å². The van der Waals surface area contributed by atoms with Crippen LogP contribution >= 0.6 is 0 Å². The van der Waals surface area contributed by atoms with Gasteiger partial charge in [0.1, 0.15) is 5.75 Å². The number of nitrogens with one attached hydrogen (secondary N) is 1. The summed E-state index contributed by atoms with van der Waals surface area (Å²) in [6, 6.07) is 8.16. The van der Waals surface area contributed by atoms with Gasteiger partial charge in [-0.15, -0.1) is 0 Å². The van der Waals surface area contributed by atoms with E-state index in [-0.39, 0.29) is 0 Å². The van der Waals surface area contributed by atoms with Crippen molar-refractivity contribution in [2.75, 3.05) is 18.5 Å². The fourth-order valence-corrected chi connectivity index (χ4v) is 1.28. The molecule has 2 heteroatoms. The van der Waals surface area contributed by atoms with Gasteiger partial charge in [0.25, 0.3) is 0 Å². The van der Waals surface area contributed by atoms with Crippen molar-refractivity contribution in [2.24, 2.45) is 11.8 Å². The molecule has 0 saturated carbocycles. The summed E-state index contributed by atoms with van der Waals surface area (Å²) in [7, 11) is 0. The minimum absolute atomic E-state index is 0.562. The van der Waals surface area contributed by atoms with Crippen LogP contribution in [0, 0.1) is 11.8 Å². The molecule has 2 nitrogen and oxygen atoms in total. The summed E-state index contributed by atoms with van der Waals surface area (Å²) < 4.78 is 5.67. The first-order valence-corrected chi connectivity index (χ1v) is 6.04. The lowest BCUT2D eigenvalue weighted by Gasteiger charge is -2.12. The summed E-state index contributed by atoms with van der Waals surface area (Å²) >= 11 is 0. The second kappa shape index (κ2) is 6.41. The lowest BCUT2D eigenvalue weighted by molar-refractivity contribution is 0.271. The van der Waals surface area contributed by atoms with Gasteiger partial charge in [-0.05, 0) is 24.0 Å². The molecule has 16 heavy (non-hydrogen) atoms. The Labute approximate surface area is 99.0 Å². The minimum atomic E-state index is 0.562. The largest absolute Gasteiger partial charge is 0.493 e. The van der Waals surface area contributed by atoms with E-state index in [9.17, 15) is 0 Å². The molecule has 90 valence electrons. The maximum Gasteiger partial charge on any atom is 0.121 e. The predicted octanol–water partition coefficient (Wildman–Crippen LogP) is 3.79. The maximum absolute atomic E-state index is 5.67. The highest BCUT2D eigenvalue weighted by Gasteiger charge is 1.99. The highest BCUT2D eigenvalue weighted by Crippen LogP contribution is 2.18. The van der Waals surface area contributed by atoms with E-state index in [0.29, 0.717) is 11.8 Å². The lowest BCUT2D eigenvalue weighted by Crippen LogP contribution is -2.08. The number of anilines is 1. The van der Waals surface area contributed by atoms with Crippen LogP contribution in [-0.4, -0.2) is 13.2 Å². The first-order valence-electron chi connectivity index (χ1n) is 6.04. The van der Waals surface area contributed by atoms with E-state index in [0.717, 1.165) is 24.6 Å². The molecule has 0 spiro atoms. The van der Waals surface area contributed by atoms with E-state index in [2.05, 4.69) is 45.1 Å². The van der Waals surface area contributed by atoms with Gasteiger partial charge < -0.3 is 10.1 Å². The molecular weight excluding hydrogens is 198 g/mol. The Kier molecular flexibility index (Phi) is 5.17. The van der Waals surface area contributed by atoms with E-state index >= 15 is 0 Å². The second-order valence-corrected chi connectivity index (χ2v) is 5.01. The Morgan fingerprint density at radius 1 is 1.12 bits per heavy atom. The number of hydrogen-bond acceptors (Lipinski definition) is 2. The molecule has 0 aromatic heterocycles. The summed E-state index contributed by atoms with van der Waals surface area (Å²) in [5.74, 6) is 2.16. The van der Waals surface area contributed by atoms with Gasteiger partial charge in [-0.2, -0.15) is 0 Å². The molecule has 0 aliphatic heterocycles. The Bertz CT molecular complexity index is 280. The van der Waals surface area contributed by atoms with Gasteiger partial charge in [-0.25, -0.2) is 0 Å². The number of benzene rings is 1. The maximum atomic E-state index is 5.67. The van der Waals surface area contributed by atoms with E-state index in [1.165, 1.54) is 0 Å². The van der Waals surface area contributed by atoms with Gasteiger partial charge in [0.05, 0.1) is 6.61 Å². The van der Waals surface area contributed by atoms with Crippen LogP contribution in [0.1, 0.15) is 27.7 Å². The molecule has 1 aromatic carbocycles. The number of hydrogen-bond donors (Lipinski definition) is 1. The molecule has 1 rings (SSSR count). The van der Waals surface area contributed by atoms with Crippen LogP contribution in [-0.2, 0) is 0 Å². The highest BCUT2D eigenvalue weighted by atomic mass is 16.5. The fourth-order valence-electron chi connectivity index (χ4n) is 1.28. The molecule has 0 unspecified atom stereocenters. The first-order chi connectivity index (χ1) is 7.58. The quantitative estimate of drug-likeness (QED) is 0.789. The molecule has 0 radical (unpaired) electrons. The van der Waals surface area contributed by atoms with Crippen LogP contribution in [0.2, 0.25) is 0 Å². The predicted molar refractivity (Wildman–Crippen MR) is 70.1 cm³/mol. The van der Waals surface area contributed by atoms with Gasteiger partial charge in [0, 0.05) is 18.3 Å². The Hall–Kier alpha value is -1.18. The van der Waals surface area contributed by atoms with E-state index in [4.69, 9.17) is 4.74 Å².